The van der Waals surface area contributed by atoms with E-state index in [0.29, 0.717) is 22.8 Å². The minimum atomic E-state index is -0.842. The molecule has 0 amide bonds. The molecule has 0 radical (unpaired) electrons. The van der Waals surface area contributed by atoms with Crippen molar-refractivity contribution in [1.29, 1.82) is 0 Å². The molecule has 1 aromatic rings. The first-order valence-corrected chi connectivity index (χ1v) is 7.31. The number of allylic oxidation sites excluding steroid dienone is 2. The van der Waals surface area contributed by atoms with Gasteiger partial charge in [-0.3, -0.25) is 4.79 Å². The third-order valence-electron chi connectivity index (χ3n) is 4.03. The third kappa shape index (κ3) is 3.18. The zero-order chi connectivity index (χ0) is 16.1. The van der Waals surface area contributed by atoms with Gasteiger partial charge in [-0.05, 0) is 42.9 Å². The summed E-state index contributed by atoms with van der Waals surface area (Å²) in [5.74, 6) is -0.0620. The Bertz CT molecular complexity index is 539. The average molecular weight is 306 g/mol. The number of carbonyl (C=O) groups is 1. The Hall–Kier alpha value is -2.17. The molecule has 0 bridgehead atoms. The molecule has 1 aliphatic rings. The van der Waals surface area contributed by atoms with Gasteiger partial charge in [-0.2, -0.15) is 0 Å². The van der Waals surface area contributed by atoms with Crippen molar-refractivity contribution in [3.8, 4) is 17.2 Å². The van der Waals surface area contributed by atoms with E-state index in [1.807, 2.05) is 6.08 Å². The third-order valence-corrected chi connectivity index (χ3v) is 4.03. The van der Waals surface area contributed by atoms with Crippen LogP contribution in [0.25, 0.3) is 0 Å². The Kier molecular flexibility index (Phi) is 5.31. The molecule has 0 saturated heterocycles. The van der Waals surface area contributed by atoms with Crippen molar-refractivity contribution in [3.05, 3.63) is 29.8 Å². The molecule has 0 aromatic heterocycles. The van der Waals surface area contributed by atoms with Gasteiger partial charge in [-0.25, -0.2) is 0 Å². The van der Waals surface area contributed by atoms with Gasteiger partial charge in [0.25, 0.3) is 0 Å². The van der Waals surface area contributed by atoms with Crippen molar-refractivity contribution in [2.45, 2.75) is 25.2 Å². The monoisotopic (exact) mass is 306 g/mol. The van der Waals surface area contributed by atoms with Crippen molar-refractivity contribution in [1.82, 2.24) is 0 Å². The predicted molar refractivity (Wildman–Crippen MR) is 83.0 cm³/mol. The first-order valence-electron chi connectivity index (χ1n) is 7.31. The number of hydrogen-bond acceptors (Lipinski definition) is 4. The molecule has 1 aromatic carbocycles. The second-order valence-electron chi connectivity index (χ2n) is 5.30. The summed E-state index contributed by atoms with van der Waals surface area (Å²) in [6, 6.07) is 3.45. The molecule has 0 aliphatic heterocycles. The minimum absolute atomic E-state index is 0.0194. The molecule has 0 fully saturated rings. The van der Waals surface area contributed by atoms with E-state index in [1.165, 1.54) is 21.3 Å². The number of ether oxygens (including phenoxy) is 3. The van der Waals surface area contributed by atoms with E-state index in [9.17, 15) is 9.90 Å². The van der Waals surface area contributed by atoms with Crippen LogP contribution >= 0.6 is 0 Å². The molecule has 1 unspecified atom stereocenters. The maximum atomic E-state index is 11.8. The number of benzene rings is 1. The summed E-state index contributed by atoms with van der Waals surface area (Å²) >= 11 is 0. The number of rotatable bonds is 6. The summed E-state index contributed by atoms with van der Waals surface area (Å²) in [6.45, 7) is 0. The number of carboxylic acid groups (broad SMARTS) is 1. The molecule has 0 spiro atoms. The SMILES string of the molecule is COc1cc(C(C(=O)O)[C@H]2C=CCCC2)cc(OC)c1OC. The van der Waals surface area contributed by atoms with E-state index in [4.69, 9.17) is 14.2 Å². The van der Waals surface area contributed by atoms with Crippen LogP contribution in [-0.4, -0.2) is 32.4 Å². The van der Waals surface area contributed by atoms with Crippen molar-refractivity contribution in [2.24, 2.45) is 5.92 Å². The molecule has 5 heteroatoms. The first kappa shape index (κ1) is 16.2. The second-order valence-corrected chi connectivity index (χ2v) is 5.30. The summed E-state index contributed by atoms with van der Waals surface area (Å²) in [6.07, 6.45) is 6.95. The van der Waals surface area contributed by atoms with Crippen LogP contribution in [-0.2, 0) is 4.79 Å². The Morgan fingerprint density at radius 2 is 1.82 bits per heavy atom. The number of hydrogen-bond donors (Lipinski definition) is 1. The lowest BCUT2D eigenvalue weighted by atomic mass is 9.80. The van der Waals surface area contributed by atoms with E-state index < -0.39 is 11.9 Å². The number of aliphatic carboxylic acids is 1. The van der Waals surface area contributed by atoms with Crippen molar-refractivity contribution in [3.63, 3.8) is 0 Å². The summed E-state index contributed by atoms with van der Waals surface area (Å²) in [5.41, 5.74) is 0.665. The van der Waals surface area contributed by atoms with Crippen LogP contribution in [0.3, 0.4) is 0 Å². The molecule has 0 heterocycles. The van der Waals surface area contributed by atoms with Crippen molar-refractivity contribution < 1.29 is 24.1 Å². The highest BCUT2D eigenvalue weighted by atomic mass is 16.5. The van der Waals surface area contributed by atoms with E-state index in [2.05, 4.69) is 6.08 Å². The van der Waals surface area contributed by atoms with Gasteiger partial charge >= 0.3 is 5.97 Å². The van der Waals surface area contributed by atoms with Gasteiger partial charge in [0.05, 0.1) is 27.2 Å². The van der Waals surface area contributed by atoms with Gasteiger partial charge in [0, 0.05) is 0 Å². The quantitative estimate of drug-likeness (QED) is 0.817. The lowest BCUT2D eigenvalue weighted by Crippen LogP contribution is -2.21. The zero-order valence-electron chi connectivity index (χ0n) is 13.2. The van der Waals surface area contributed by atoms with Crippen LogP contribution in [0.15, 0.2) is 24.3 Å². The fraction of sp³-hybridized carbons (Fsp3) is 0.471. The largest absolute Gasteiger partial charge is 0.493 e. The smallest absolute Gasteiger partial charge is 0.311 e. The van der Waals surface area contributed by atoms with Crippen LogP contribution in [0.1, 0.15) is 30.7 Å². The Morgan fingerprint density at radius 3 is 2.23 bits per heavy atom. The van der Waals surface area contributed by atoms with Gasteiger partial charge in [-0.15, -0.1) is 0 Å². The zero-order valence-corrected chi connectivity index (χ0v) is 13.2. The van der Waals surface area contributed by atoms with Crippen LogP contribution in [0.2, 0.25) is 0 Å². The van der Waals surface area contributed by atoms with Gasteiger partial charge in [0.1, 0.15) is 0 Å². The lowest BCUT2D eigenvalue weighted by Gasteiger charge is -2.25. The summed E-state index contributed by atoms with van der Waals surface area (Å²) in [7, 11) is 4.58. The van der Waals surface area contributed by atoms with E-state index in [1.54, 1.807) is 12.1 Å². The molecule has 0 saturated carbocycles. The molecule has 120 valence electrons. The van der Waals surface area contributed by atoms with Crippen molar-refractivity contribution in [2.75, 3.05) is 21.3 Å². The molecule has 22 heavy (non-hydrogen) atoms. The first-order chi connectivity index (χ1) is 10.6. The van der Waals surface area contributed by atoms with Gasteiger partial charge in [0.2, 0.25) is 5.75 Å². The molecular weight excluding hydrogens is 284 g/mol. The summed E-state index contributed by atoms with van der Waals surface area (Å²) < 4.78 is 15.9. The van der Waals surface area contributed by atoms with Gasteiger partial charge < -0.3 is 19.3 Å². The topological polar surface area (TPSA) is 65.0 Å². The highest BCUT2D eigenvalue weighted by Gasteiger charge is 2.30. The predicted octanol–water partition coefficient (Wildman–Crippen LogP) is 3.24. The van der Waals surface area contributed by atoms with Crippen molar-refractivity contribution >= 4 is 5.97 Å². The molecule has 2 rings (SSSR count). The molecule has 2 atom stereocenters. The number of methoxy groups -OCH3 is 3. The van der Waals surface area contributed by atoms with Crippen LogP contribution < -0.4 is 14.2 Å². The lowest BCUT2D eigenvalue weighted by molar-refractivity contribution is -0.139. The van der Waals surface area contributed by atoms with Gasteiger partial charge in [-0.1, -0.05) is 12.2 Å². The van der Waals surface area contributed by atoms with Crippen LogP contribution in [0.5, 0.6) is 17.2 Å². The van der Waals surface area contributed by atoms with E-state index in [0.717, 1.165) is 19.3 Å². The molecule has 1 aliphatic carbocycles. The minimum Gasteiger partial charge on any atom is -0.493 e. The highest BCUT2D eigenvalue weighted by molar-refractivity contribution is 5.78. The fourth-order valence-electron chi connectivity index (χ4n) is 2.97. The normalized spacial score (nSPS) is 18.6. The Morgan fingerprint density at radius 1 is 1.18 bits per heavy atom. The Labute approximate surface area is 130 Å². The molecular formula is C17H22O5. The Balaban J connectivity index is 2.49. The van der Waals surface area contributed by atoms with Crippen LogP contribution in [0, 0.1) is 5.92 Å². The fourth-order valence-corrected chi connectivity index (χ4v) is 2.97. The molecule has 1 N–H and O–H groups in total. The number of carboxylic acids is 1. The maximum Gasteiger partial charge on any atom is 0.311 e. The van der Waals surface area contributed by atoms with Gasteiger partial charge in [0.15, 0.2) is 11.5 Å². The molecule has 5 nitrogen and oxygen atoms in total. The standard InChI is InChI=1S/C17H22O5/c1-20-13-9-12(10-14(21-2)16(13)22-3)15(17(18)19)11-7-5-4-6-8-11/h5,7,9-11,15H,4,6,8H2,1-3H3,(H,18,19)/t11-,15?/m0/s1. The highest BCUT2D eigenvalue weighted by Crippen LogP contribution is 2.42. The summed E-state index contributed by atoms with van der Waals surface area (Å²) in [4.78, 5) is 11.8. The average Bonchev–Trinajstić information content (AvgIpc) is 2.54. The van der Waals surface area contributed by atoms with E-state index >= 15 is 0 Å². The maximum absolute atomic E-state index is 11.8. The van der Waals surface area contributed by atoms with E-state index in [-0.39, 0.29) is 5.92 Å². The summed E-state index contributed by atoms with van der Waals surface area (Å²) in [5, 5.41) is 9.69. The second kappa shape index (κ2) is 7.20. The van der Waals surface area contributed by atoms with Crippen LogP contribution in [0.4, 0.5) is 0 Å².